The number of halogens is 1. The maximum atomic E-state index is 14.4. The van der Waals surface area contributed by atoms with Crippen molar-refractivity contribution in [2.45, 2.75) is 6.54 Å². The molecule has 0 heterocycles. The van der Waals surface area contributed by atoms with Crippen molar-refractivity contribution >= 4 is 5.91 Å². The van der Waals surface area contributed by atoms with Crippen LogP contribution in [0.2, 0.25) is 0 Å². The molecule has 0 radical (unpaired) electrons. The highest BCUT2D eigenvalue weighted by molar-refractivity contribution is 5.94. The summed E-state index contributed by atoms with van der Waals surface area (Å²) in [6, 6.07) is 18.2. The number of carbonyl (C=O) groups excluding carboxylic acids is 1. The molecular formula is C22H20FNO4. The average Bonchev–Trinajstić information content (AvgIpc) is 2.73. The first kappa shape index (κ1) is 19.2. The zero-order chi connectivity index (χ0) is 19.9. The summed E-state index contributed by atoms with van der Waals surface area (Å²) < 4.78 is 30.3. The number of amides is 1. The number of benzene rings is 3. The molecular weight excluding hydrogens is 361 g/mol. The third kappa shape index (κ3) is 4.59. The minimum Gasteiger partial charge on any atom is -0.497 e. The quantitative estimate of drug-likeness (QED) is 0.652. The lowest BCUT2D eigenvalue weighted by Crippen LogP contribution is -2.23. The molecule has 0 saturated heterocycles. The van der Waals surface area contributed by atoms with Gasteiger partial charge >= 0.3 is 0 Å². The number of ether oxygens (including phenoxy) is 3. The number of nitrogens with one attached hydrogen (secondary N) is 1. The second-order valence-electron chi connectivity index (χ2n) is 5.91. The van der Waals surface area contributed by atoms with E-state index in [0.717, 1.165) is 0 Å². The fraction of sp³-hybridized carbons (Fsp3) is 0.136. The monoisotopic (exact) mass is 381 g/mol. The minimum absolute atomic E-state index is 0.0109. The zero-order valence-electron chi connectivity index (χ0n) is 15.6. The summed E-state index contributed by atoms with van der Waals surface area (Å²) in [6.07, 6.45) is 0. The fourth-order valence-corrected chi connectivity index (χ4v) is 2.59. The van der Waals surface area contributed by atoms with Gasteiger partial charge in [-0.3, -0.25) is 4.79 Å². The van der Waals surface area contributed by atoms with Crippen LogP contribution < -0.4 is 19.5 Å². The SMILES string of the molecule is COc1ccc(Oc2cccc(F)c2CNC(=O)c2ccc(OC)cc2)cc1. The molecule has 3 aromatic carbocycles. The van der Waals surface area contributed by atoms with Gasteiger partial charge < -0.3 is 19.5 Å². The first-order valence-corrected chi connectivity index (χ1v) is 8.62. The molecule has 1 N–H and O–H groups in total. The Bertz CT molecular complexity index is 940. The Balaban J connectivity index is 1.73. The smallest absolute Gasteiger partial charge is 0.251 e. The summed E-state index contributed by atoms with van der Waals surface area (Å²) in [5, 5.41) is 2.72. The first-order chi connectivity index (χ1) is 13.6. The van der Waals surface area contributed by atoms with Gasteiger partial charge in [-0.25, -0.2) is 4.39 Å². The van der Waals surface area contributed by atoms with Crippen LogP contribution in [0.3, 0.4) is 0 Å². The predicted molar refractivity (Wildman–Crippen MR) is 104 cm³/mol. The summed E-state index contributed by atoms with van der Waals surface area (Å²) in [6.45, 7) is -0.0109. The molecule has 0 unspecified atom stereocenters. The van der Waals surface area contributed by atoms with Crippen LogP contribution in [0, 0.1) is 5.82 Å². The topological polar surface area (TPSA) is 56.8 Å². The van der Waals surface area contributed by atoms with E-state index in [2.05, 4.69) is 5.32 Å². The summed E-state index contributed by atoms with van der Waals surface area (Å²) in [7, 11) is 3.13. The van der Waals surface area contributed by atoms with Crippen LogP contribution >= 0.6 is 0 Å². The van der Waals surface area contributed by atoms with E-state index in [9.17, 15) is 9.18 Å². The van der Waals surface area contributed by atoms with Crippen molar-refractivity contribution in [3.63, 3.8) is 0 Å². The lowest BCUT2D eigenvalue weighted by Gasteiger charge is -2.13. The third-order valence-corrected chi connectivity index (χ3v) is 4.14. The Morgan fingerprint density at radius 2 is 1.43 bits per heavy atom. The lowest BCUT2D eigenvalue weighted by molar-refractivity contribution is 0.0950. The average molecular weight is 381 g/mol. The molecule has 3 aromatic rings. The number of carbonyl (C=O) groups is 1. The van der Waals surface area contributed by atoms with Crippen LogP contribution in [0.15, 0.2) is 66.7 Å². The summed E-state index contributed by atoms with van der Waals surface area (Å²) in [5.74, 6) is 1.44. The van der Waals surface area contributed by atoms with Crippen molar-refractivity contribution in [3.8, 4) is 23.0 Å². The molecule has 0 bridgehead atoms. The number of hydrogen-bond donors (Lipinski definition) is 1. The van der Waals surface area contributed by atoms with Crippen LogP contribution in [0.4, 0.5) is 4.39 Å². The normalized spacial score (nSPS) is 10.2. The molecule has 0 spiro atoms. The van der Waals surface area contributed by atoms with Gasteiger partial charge in [0.1, 0.15) is 28.8 Å². The van der Waals surface area contributed by atoms with Gasteiger partial charge in [0.05, 0.1) is 14.2 Å². The van der Waals surface area contributed by atoms with Crippen molar-refractivity contribution in [1.29, 1.82) is 0 Å². The van der Waals surface area contributed by atoms with Crippen LogP contribution in [0.5, 0.6) is 23.0 Å². The highest BCUT2D eigenvalue weighted by Crippen LogP contribution is 2.28. The Labute approximate surface area is 162 Å². The molecule has 0 saturated carbocycles. The van der Waals surface area contributed by atoms with E-state index in [1.54, 1.807) is 74.9 Å². The largest absolute Gasteiger partial charge is 0.497 e. The van der Waals surface area contributed by atoms with Gasteiger partial charge in [-0.2, -0.15) is 0 Å². The molecule has 6 heteroatoms. The molecule has 0 fully saturated rings. The number of hydrogen-bond acceptors (Lipinski definition) is 4. The summed E-state index contributed by atoms with van der Waals surface area (Å²) in [4.78, 5) is 12.3. The number of methoxy groups -OCH3 is 2. The van der Waals surface area contributed by atoms with Gasteiger partial charge in [0.2, 0.25) is 0 Å². The highest BCUT2D eigenvalue weighted by Gasteiger charge is 2.13. The van der Waals surface area contributed by atoms with E-state index in [-0.39, 0.29) is 18.0 Å². The van der Waals surface area contributed by atoms with Gasteiger partial charge in [-0.05, 0) is 60.7 Å². The second-order valence-corrected chi connectivity index (χ2v) is 5.91. The summed E-state index contributed by atoms with van der Waals surface area (Å²) >= 11 is 0. The van der Waals surface area contributed by atoms with Crippen molar-refractivity contribution in [3.05, 3.63) is 83.7 Å². The maximum Gasteiger partial charge on any atom is 0.251 e. The fourth-order valence-electron chi connectivity index (χ4n) is 2.59. The minimum atomic E-state index is -0.457. The first-order valence-electron chi connectivity index (χ1n) is 8.62. The van der Waals surface area contributed by atoms with E-state index in [4.69, 9.17) is 14.2 Å². The van der Waals surface area contributed by atoms with Crippen LogP contribution in [-0.4, -0.2) is 20.1 Å². The van der Waals surface area contributed by atoms with Crippen LogP contribution in [-0.2, 0) is 6.54 Å². The predicted octanol–water partition coefficient (Wildman–Crippen LogP) is 4.57. The Morgan fingerprint density at radius 3 is 2.04 bits per heavy atom. The van der Waals surface area contributed by atoms with Crippen LogP contribution in [0.1, 0.15) is 15.9 Å². The van der Waals surface area contributed by atoms with Gasteiger partial charge in [-0.1, -0.05) is 6.07 Å². The molecule has 0 atom stereocenters. The molecule has 0 aliphatic heterocycles. The lowest BCUT2D eigenvalue weighted by atomic mass is 10.1. The Kier molecular flexibility index (Phi) is 6.11. The molecule has 3 rings (SSSR count). The maximum absolute atomic E-state index is 14.4. The van der Waals surface area contributed by atoms with E-state index in [1.165, 1.54) is 6.07 Å². The Hall–Kier alpha value is -3.54. The molecule has 0 aliphatic rings. The molecule has 28 heavy (non-hydrogen) atoms. The van der Waals surface area contributed by atoms with Crippen molar-refractivity contribution in [1.82, 2.24) is 5.32 Å². The molecule has 5 nitrogen and oxygen atoms in total. The summed E-state index contributed by atoms with van der Waals surface area (Å²) in [5.41, 5.74) is 0.718. The highest BCUT2D eigenvalue weighted by atomic mass is 19.1. The van der Waals surface area contributed by atoms with Crippen molar-refractivity contribution < 1.29 is 23.4 Å². The van der Waals surface area contributed by atoms with E-state index in [1.807, 2.05) is 0 Å². The van der Waals surface area contributed by atoms with E-state index >= 15 is 0 Å². The van der Waals surface area contributed by atoms with Crippen LogP contribution in [0.25, 0.3) is 0 Å². The number of rotatable bonds is 7. The van der Waals surface area contributed by atoms with Gasteiger partial charge in [-0.15, -0.1) is 0 Å². The van der Waals surface area contributed by atoms with E-state index in [0.29, 0.717) is 28.6 Å². The van der Waals surface area contributed by atoms with Gasteiger partial charge in [0.25, 0.3) is 5.91 Å². The molecule has 1 amide bonds. The van der Waals surface area contributed by atoms with Gasteiger partial charge in [0, 0.05) is 17.7 Å². The van der Waals surface area contributed by atoms with Crippen molar-refractivity contribution in [2.75, 3.05) is 14.2 Å². The van der Waals surface area contributed by atoms with E-state index < -0.39 is 5.82 Å². The standard InChI is InChI=1S/C22H20FNO4/c1-26-16-8-6-15(7-9-16)22(25)24-14-19-20(23)4-3-5-21(19)28-18-12-10-17(27-2)11-13-18/h3-13H,14H2,1-2H3,(H,24,25). The van der Waals surface area contributed by atoms with Gasteiger partial charge in [0.15, 0.2) is 0 Å². The third-order valence-electron chi connectivity index (χ3n) is 4.14. The zero-order valence-corrected chi connectivity index (χ0v) is 15.6. The second kappa shape index (κ2) is 8.90. The van der Waals surface area contributed by atoms with Crippen molar-refractivity contribution in [2.24, 2.45) is 0 Å². The molecule has 0 aromatic heterocycles. The molecule has 0 aliphatic carbocycles. The molecule has 144 valence electrons. The Morgan fingerprint density at radius 1 is 0.857 bits per heavy atom.